The van der Waals surface area contributed by atoms with Gasteiger partial charge in [0.1, 0.15) is 11.5 Å². The first-order chi connectivity index (χ1) is 18.3. The van der Waals surface area contributed by atoms with E-state index >= 15 is 0 Å². The monoisotopic (exact) mass is 529 g/mol. The lowest BCUT2D eigenvalue weighted by Gasteiger charge is -2.19. The number of hydrogen-bond donors (Lipinski definition) is 1. The van der Waals surface area contributed by atoms with Crippen LogP contribution in [0.3, 0.4) is 0 Å². The summed E-state index contributed by atoms with van der Waals surface area (Å²) in [4.78, 5) is 12.6. The van der Waals surface area contributed by atoms with Crippen molar-refractivity contribution >= 4 is 23.9 Å². The number of para-hydroxylation sites is 1. The Morgan fingerprint density at radius 3 is 2.39 bits per heavy atom. The van der Waals surface area contributed by atoms with E-state index < -0.39 is 0 Å². The zero-order chi connectivity index (χ0) is 27.1. The number of rotatable bonds is 9. The van der Waals surface area contributed by atoms with Crippen LogP contribution in [0, 0.1) is 0 Å². The van der Waals surface area contributed by atoms with Crippen LogP contribution in [0.5, 0.6) is 11.5 Å². The maximum Gasteiger partial charge on any atom is 0.250 e. The molecule has 0 aliphatic carbocycles. The summed E-state index contributed by atoms with van der Waals surface area (Å²) in [6.45, 7) is 6.56. The van der Waals surface area contributed by atoms with Crippen molar-refractivity contribution in [1.82, 2.24) is 20.2 Å². The first-order valence-electron chi connectivity index (χ1n) is 12.1. The Bertz CT molecular complexity index is 1410. The Labute approximate surface area is 227 Å². The van der Waals surface area contributed by atoms with Crippen LogP contribution < -0.4 is 14.9 Å². The van der Waals surface area contributed by atoms with Crippen LogP contribution in [0.25, 0.3) is 17.1 Å². The van der Waals surface area contributed by atoms with Crippen LogP contribution in [-0.2, 0) is 10.2 Å². The van der Waals surface area contributed by atoms with Crippen LogP contribution in [0.2, 0.25) is 0 Å². The minimum absolute atomic E-state index is 0.0565. The molecule has 0 fully saturated rings. The molecule has 9 heteroatoms. The van der Waals surface area contributed by atoms with E-state index in [1.165, 1.54) is 23.5 Å². The summed E-state index contributed by atoms with van der Waals surface area (Å²) in [5, 5.41) is 13.6. The fourth-order valence-electron chi connectivity index (χ4n) is 3.74. The first-order valence-corrected chi connectivity index (χ1v) is 13.1. The summed E-state index contributed by atoms with van der Waals surface area (Å²) >= 11 is 1.29. The van der Waals surface area contributed by atoms with Gasteiger partial charge in [-0.3, -0.25) is 9.36 Å². The summed E-state index contributed by atoms with van der Waals surface area (Å²) in [5.74, 6) is 1.83. The Hall–Kier alpha value is -4.11. The van der Waals surface area contributed by atoms with E-state index in [2.05, 4.69) is 65.8 Å². The largest absolute Gasteiger partial charge is 0.497 e. The van der Waals surface area contributed by atoms with Gasteiger partial charge in [-0.1, -0.05) is 75.0 Å². The minimum atomic E-state index is -0.266. The first kappa shape index (κ1) is 26.9. The number of nitrogens with zero attached hydrogens (tertiary/aromatic N) is 4. The van der Waals surface area contributed by atoms with Gasteiger partial charge in [-0.05, 0) is 35.2 Å². The molecule has 0 saturated carbocycles. The van der Waals surface area contributed by atoms with Crippen LogP contribution in [0.15, 0.2) is 83.1 Å². The number of ether oxygens (including phenoxy) is 2. The standard InChI is InChI=1S/C29H31N5O3S/c1-29(2,3)22-14-11-20(12-15-22)27-32-33-28(34(27)23-9-7-6-8-10-23)38-19-26(35)31-30-18-21-13-16-24(36-4)17-25(21)37-5/h6-18H,19H2,1-5H3,(H,31,35). The lowest BCUT2D eigenvalue weighted by atomic mass is 9.87. The predicted molar refractivity (Wildman–Crippen MR) is 152 cm³/mol. The van der Waals surface area contributed by atoms with Gasteiger partial charge in [-0.15, -0.1) is 10.2 Å². The molecule has 1 N–H and O–H groups in total. The van der Waals surface area contributed by atoms with Crippen molar-refractivity contribution < 1.29 is 14.3 Å². The van der Waals surface area contributed by atoms with Crippen molar-refractivity contribution in [1.29, 1.82) is 0 Å². The number of benzene rings is 3. The molecule has 4 rings (SSSR count). The van der Waals surface area contributed by atoms with Gasteiger partial charge in [0.2, 0.25) is 0 Å². The Morgan fingerprint density at radius 1 is 1.00 bits per heavy atom. The summed E-state index contributed by atoms with van der Waals surface area (Å²) in [7, 11) is 3.15. The van der Waals surface area contributed by atoms with Gasteiger partial charge in [0.25, 0.3) is 5.91 Å². The van der Waals surface area contributed by atoms with E-state index in [-0.39, 0.29) is 17.1 Å². The Balaban J connectivity index is 1.50. The quantitative estimate of drug-likeness (QED) is 0.175. The fraction of sp³-hybridized carbons (Fsp3) is 0.241. The van der Waals surface area contributed by atoms with Gasteiger partial charge in [-0.2, -0.15) is 5.10 Å². The number of hydrazone groups is 1. The number of hydrogen-bond acceptors (Lipinski definition) is 7. The van der Waals surface area contributed by atoms with Crippen molar-refractivity contribution in [2.75, 3.05) is 20.0 Å². The van der Waals surface area contributed by atoms with E-state index in [9.17, 15) is 4.79 Å². The Kier molecular flexibility index (Phi) is 8.48. The number of thioether (sulfide) groups is 1. The molecule has 3 aromatic carbocycles. The lowest BCUT2D eigenvalue weighted by molar-refractivity contribution is -0.118. The molecule has 38 heavy (non-hydrogen) atoms. The topological polar surface area (TPSA) is 90.6 Å². The third kappa shape index (κ3) is 6.41. The maximum absolute atomic E-state index is 12.6. The molecular weight excluding hydrogens is 498 g/mol. The van der Waals surface area contributed by atoms with E-state index in [0.29, 0.717) is 28.0 Å². The van der Waals surface area contributed by atoms with Gasteiger partial charge in [0.05, 0.1) is 26.2 Å². The number of carbonyl (C=O) groups is 1. The molecule has 0 aliphatic rings. The number of amides is 1. The van der Waals surface area contributed by atoms with E-state index in [1.807, 2.05) is 34.9 Å². The molecule has 0 radical (unpaired) electrons. The SMILES string of the molecule is COc1ccc(C=NNC(=O)CSc2nnc(-c3ccc(C(C)(C)C)cc3)n2-c2ccccc2)c(OC)c1. The third-order valence-electron chi connectivity index (χ3n) is 5.82. The molecule has 0 atom stereocenters. The molecule has 0 bridgehead atoms. The molecule has 196 valence electrons. The van der Waals surface area contributed by atoms with Gasteiger partial charge in [0, 0.05) is 22.9 Å². The van der Waals surface area contributed by atoms with Gasteiger partial charge < -0.3 is 9.47 Å². The van der Waals surface area contributed by atoms with Crippen molar-refractivity contribution in [2.24, 2.45) is 5.10 Å². The highest BCUT2D eigenvalue weighted by molar-refractivity contribution is 7.99. The highest BCUT2D eigenvalue weighted by atomic mass is 32.2. The molecular formula is C29H31N5O3S. The molecule has 8 nitrogen and oxygen atoms in total. The van der Waals surface area contributed by atoms with E-state index in [4.69, 9.17) is 9.47 Å². The van der Waals surface area contributed by atoms with E-state index in [1.54, 1.807) is 32.4 Å². The molecule has 0 spiro atoms. The number of nitrogens with one attached hydrogen (secondary N) is 1. The average molecular weight is 530 g/mol. The maximum atomic E-state index is 12.6. The molecule has 1 aromatic heterocycles. The fourth-order valence-corrected chi connectivity index (χ4v) is 4.49. The van der Waals surface area contributed by atoms with Gasteiger partial charge in [-0.25, -0.2) is 5.43 Å². The molecule has 1 heterocycles. The van der Waals surface area contributed by atoms with Crippen LogP contribution in [-0.4, -0.2) is 46.9 Å². The molecule has 0 saturated heterocycles. The lowest BCUT2D eigenvalue weighted by Crippen LogP contribution is -2.20. The highest BCUT2D eigenvalue weighted by Crippen LogP contribution is 2.30. The van der Waals surface area contributed by atoms with Crippen molar-refractivity contribution in [2.45, 2.75) is 31.3 Å². The summed E-state index contributed by atoms with van der Waals surface area (Å²) in [6.07, 6.45) is 1.53. The second kappa shape index (κ2) is 12.0. The van der Waals surface area contributed by atoms with Crippen LogP contribution >= 0.6 is 11.8 Å². The second-order valence-corrected chi connectivity index (χ2v) is 10.4. The number of aromatic nitrogens is 3. The molecule has 0 unspecified atom stereocenters. The summed E-state index contributed by atoms with van der Waals surface area (Å²) in [6, 6.07) is 23.6. The second-order valence-electron chi connectivity index (χ2n) is 9.49. The number of methoxy groups -OCH3 is 2. The van der Waals surface area contributed by atoms with Gasteiger partial charge in [0.15, 0.2) is 11.0 Å². The van der Waals surface area contributed by atoms with Crippen LogP contribution in [0.4, 0.5) is 0 Å². The molecule has 1 amide bonds. The predicted octanol–water partition coefficient (Wildman–Crippen LogP) is 5.49. The van der Waals surface area contributed by atoms with Crippen molar-refractivity contribution in [3.63, 3.8) is 0 Å². The third-order valence-corrected chi connectivity index (χ3v) is 6.75. The van der Waals surface area contributed by atoms with Crippen LogP contribution in [0.1, 0.15) is 31.9 Å². The summed E-state index contributed by atoms with van der Waals surface area (Å²) in [5.41, 5.74) is 6.44. The van der Waals surface area contributed by atoms with Crippen molar-refractivity contribution in [3.05, 3.63) is 83.9 Å². The molecule has 0 aliphatic heterocycles. The number of carbonyl (C=O) groups excluding carboxylic acids is 1. The zero-order valence-corrected chi connectivity index (χ0v) is 23.0. The minimum Gasteiger partial charge on any atom is -0.497 e. The highest BCUT2D eigenvalue weighted by Gasteiger charge is 2.19. The molecule has 4 aromatic rings. The normalized spacial score (nSPS) is 11.5. The van der Waals surface area contributed by atoms with E-state index in [0.717, 1.165) is 11.3 Å². The Morgan fingerprint density at radius 2 is 1.74 bits per heavy atom. The summed E-state index contributed by atoms with van der Waals surface area (Å²) < 4.78 is 12.5. The average Bonchev–Trinajstić information content (AvgIpc) is 3.36. The van der Waals surface area contributed by atoms with Crippen molar-refractivity contribution in [3.8, 4) is 28.6 Å². The zero-order valence-electron chi connectivity index (χ0n) is 22.1. The van der Waals surface area contributed by atoms with Gasteiger partial charge >= 0.3 is 0 Å². The smallest absolute Gasteiger partial charge is 0.250 e.